The minimum atomic E-state index is -1.61. The second-order valence-electron chi connectivity index (χ2n) is 9.20. The van der Waals surface area contributed by atoms with Gasteiger partial charge in [-0.1, -0.05) is 53.5 Å². The Morgan fingerprint density at radius 3 is 1.83 bits per heavy atom. The van der Waals surface area contributed by atoms with Crippen molar-refractivity contribution in [2.45, 2.75) is 30.4 Å². The summed E-state index contributed by atoms with van der Waals surface area (Å²) >= 11 is 2.75. The van der Waals surface area contributed by atoms with Gasteiger partial charge < -0.3 is 24.3 Å². The van der Waals surface area contributed by atoms with Crippen molar-refractivity contribution < 1.29 is 42.9 Å². The second-order valence-corrected chi connectivity index (χ2v) is 12.9. The van der Waals surface area contributed by atoms with E-state index in [1.807, 2.05) is 13.8 Å². The number of carbonyl (C=O) groups excluding carboxylic acids is 5. The molecule has 0 radical (unpaired) electrons. The highest BCUT2D eigenvalue weighted by atomic mass is 32.2. The van der Waals surface area contributed by atoms with Crippen LogP contribution in [0.2, 0.25) is 0 Å². The van der Waals surface area contributed by atoms with Gasteiger partial charge in [0, 0.05) is 22.6 Å². The first-order chi connectivity index (χ1) is 19.4. The van der Waals surface area contributed by atoms with E-state index in [9.17, 15) is 24.0 Å². The van der Waals surface area contributed by atoms with E-state index in [1.165, 1.54) is 28.4 Å². The molecular formula is C27H28N2O9S3. The maximum Gasteiger partial charge on any atom is 0.345 e. The molecule has 218 valence electrons. The van der Waals surface area contributed by atoms with E-state index in [-0.39, 0.29) is 26.3 Å². The predicted molar refractivity (Wildman–Crippen MR) is 157 cm³/mol. The summed E-state index contributed by atoms with van der Waals surface area (Å²) in [4.78, 5) is 68.2. The van der Waals surface area contributed by atoms with Gasteiger partial charge in [-0.05, 0) is 26.8 Å². The number of hydrogen-bond donors (Lipinski definition) is 1. The van der Waals surface area contributed by atoms with E-state index in [4.69, 9.17) is 18.9 Å². The Hall–Kier alpha value is -3.36. The van der Waals surface area contributed by atoms with Crippen LogP contribution in [0.4, 0.5) is 10.5 Å². The number of fused-ring (bicyclic) bond motifs is 3. The van der Waals surface area contributed by atoms with Crippen LogP contribution in [0.25, 0.3) is 5.57 Å². The summed E-state index contributed by atoms with van der Waals surface area (Å²) in [5.41, 5.74) is 0.402. The fraction of sp³-hybridized carbons (Fsp3) is 0.370. The summed E-state index contributed by atoms with van der Waals surface area (Å²) in [6.07, 6.45) is 0. The summed E-state index contributed by atoms with van der Waals surface area (Å²) in [6.45, 7) is 5.80. The molecule has 1 aromatic rings. The summed E-state index contributed by atoms with van der Waals surface area (Å²) in [7, 11) is 4.68. The minimum absolute atomic E-state index is 0.100. The van der Waals surface area contributed by atoms with Gasteiger partial charge in [-0.3, -0.25) is 4.90 Å². The first-order valence-electron chi connectivity index (χ1n) is 12.3. The zero-order valence-corrected chi connectivity index (χ0v) is 25.8. The molecule has 0 atom stereocenters. The van der Waals surface area contributed by atoms with Gasteiger partial charge in [-0.25, -0.2) is 24.0 Å². The first-order valence-corrected chi connectivity index (χ1v) is 14.7. The quantitative estimate of drug-likeness (QED) is 0.379. The van der Waals surface area contributed by atoms with Crippen molar-refractivity contribution in [2.75, 3.05) is 39.9 Å². The molecule has 11 nitrogen and oxygen atoms in total. The Labute approximate surface area is 249 Å². The summed E-state index contributed by atoms with van der Waals surface area (Å²) in [5.74, 6) is -3.33. The van der Waals surface area contributed by atoms with Gasteiger partial charge in [-0.15, -0.1) is 0 Å². The van der Waals surface area contributed by atoms with E-state index in [1.54, 1.807) is 36.1 Å². The molecule has 14 heteroatoms. The zero-order valence-electron chi connectivity index (χ0n) is 23.4. The van der Waals surface area contributed by atoms with Crippen molar-refractivity contribution >= 4 is 76.5 Å². The van der Waals surface area contributed by atoms with Crippen LogP contribution < -0.4 is 10.2 Å². The molecule has 0 saturated carbocycles. The van der Waals surface area contributed by atoms with E-state index in [0.29, 0.717) is 28.3 Å². The molecule has 0 aliphatic carbocycles. The number of thioether (sulfide) groups is 3. The van der Waals surface area contributed by atoms with Crippen LogP contribution in [0.5, 0.6) is 0 Å². The van der Waals surface area contributed by atoms with Crippen molar-refractivity contribution in [1.29, 1.82) is 0 Å². The summed E-state index contributed by atoms with van der Waals surface area (Å²) < 4.78 is 18.6. The molecule has 3 aliphatic heterocycles. The lowest BCUT2D eigenvalue weighted by molar-refractivity contribution is -0.138. The molecule has 1 aromatic carbocycles. The van der Waals surface area contributed by atoms with Crippen LogP contribution >= 0.6 is 35.3 Å². The number of hydrogen-bond acceptors (Lipinski definition) is 12. The van der Waals surface area contributed by atoms with Crippen molar-refractivity contribution in [3.05, 3.63) is 55.0 Å². The lowest BCUT2D eigenvalue weighted by Gasteiger charge is -2.50. The molecule has 1 spiro atoms. The third-order valence-corrected chi connectivity index (χ3v) is 11.2. The van der Waals surface area contributed by atoms with Crippen LogP contribution in [0.3, 0.4) is 0 Å². The summed E-state index contributed by atoms with van der Waals surface area (Å²) in [6, 6.07) is 6.73. The number of carbonyl (C=O) groups is 5. The second kappa shape index (κ2) is 11.5. The Morgan fingerprint density at radius 1 is 0.805 bits per heavy atom. The molecule has 3 heterocycles. The third-order valence-electron chi connectivity index (χ3n) is 6.58. The van der Waals surface area contributed by atoms with Gasteiger partial charge in [0.2, 0.25) is 0 Å². The van der Waals surface area contributed by atoms with Crippen molar-refractivity contribution in [3.8, 4) is 0 Å². The fourth-order valence-electron chi connectivity index (χ4n) is 4.86. The van der Waals surface area contributed by atoms with Gasteiger partial charge in [-0.2, -0.15) is 0 Å². The standard InChI is InChI=1S/C27H28N2O9S3/c1-8-28-25(34)29-14-12-10-9-11-13(14)15-20(26(29,2)3)39-17(22(31)36-5)16(21(30)35-4)27(15)40-18(23(32)37-6)19(41-27)24(33)38-7/h9-12H,8H2,1-7H3,(H,28,34). The molecular weight excluding hydrogens is 593 g/mol. The van der Waals surface area contributed by atoms with E-state index in [0.717, 1.165) is 35.3 Å². The smallest absolute Gasteiger partial charge is 0.345 e. The average molecular weight is 621 g/mol. The Kier molecular flexibility index (Phi) is 8.58. The molecule has 0 saturated heterocycles. The number of nitrogens with zero attached hydrogens (tertiary/aromatic N) is 1. The maximum atomic E-state index is 13.6. The molecule has 1 N–H and O–H groups in total. The number of rotatable bonds is 5. The van der Waals surface area contributed by atoms with Gasteiger partial charge in [0.05, 0.1) is 45.2 Å². The van der Waals surface area contributed by atoms with E-state index >= 15 is 0 Å². The average Bonchev–Trinajstić information content (AvgIpc) is 3.35. The highest BCUT2D eigenvalue weighted by molar-refractivity contribution is 8.26. The normalized spacial score (nSPS) is 18.5. The van der Waals surface area contributed by atoms with E-state index in [2.05, 4.69) is 5.32 Å². The topological polar surface area (TPSA) is 138 Å². The number of amides is 2. The third kappa shape index (κ3) is 4.71. The number of nitrogens with one attached hydrogen (secondary N) is 1. The Morgan fingerprint density at radius 2 is 1.32 bits per heavy atom. The summed E-state index contributed by atoms with van der Waals surface area (Å²) in [5, 5.41) is 2.85. The van der Waals surface area contributed by atoms with Crippen molar-refractivity contribution in [2.24, 2.45) is 0 Å². The lowest BCUT2D eigenvalue weighted by Crippen LogP contribution is -2.56. The lowest BCUT2D eigenvalue weighted by atomic mass is 9.83. The van der Waals surface area contributed by atoms with E-state index < -0.39 is 33.5 Å². The fourth-order valence-corrected chi connectivity index (χ4v) is 9.91. The van der Waals surface area contributed by atoms with Gasteiger partial charge in [0.15, 0.2) is 0 Å². The molecule has 0 aromatic heterocycles. The van der Waals surface area contributed by atoms with Crippen molar-refractivity contribution in [3.63, 3.8) is 0 Å². The van der Waals surface area contributed by atoms with Crippen LogP contribution in [0.15, 0.2) is 49.5 Å². The van der Waals surface area contributed by atoms with Gasteiger partial charge >= 0.3 is 29.9 Å². The predicted octanol–water partition coefficient (Wildman–Crippen LogP) is 3.81. The number of para-hydroxylation sites is 1. The zero-order chi connectivity index (χ0) is 30.3. The number of benzene rings is 1. The van der Waals surface area contributed by atoms with Crippen LogP contribution in [-0.2, 0) is 38.1 Å². The molecule has 0 unspecified atom stereocenters. The Bertz CT molecular complexity index is 1430. The number of anilines is 1. The largest absolute Gasteiger partial charge is 0.466 e. The van der Waals surface area contributed by atoms with Crippen LogP contribution in [-0.4, -0.2) is 74.5 Å². The monoisotopic (exact) mass is 620 g/mol. The highest BCUT2D eigenvalue weighted by Gasteiger charge is 2.61. The molecule has 41 heavy (non-hydrogen) atoms. The van der Waals surface area contributed by atoms with Gasteiger partial charge in [0.1, 0.15) is 18.8 Å². The molecule has 0 bridgehead atoms. The number of ether oxygens (including phenoxy) is 4. The number of urea groups is 1. The highest BCUT2D eigenvalue weighted by Crippen LogP contribution is 2.71. The first kappa shape index (κ1) is 30.6. The number of esters is 4. The van der Waals surface area contributed by atoms with Crippen LogP contribution in [0, 0.1) is 0 Å². The van der Waals surface area contributed by atoms with Crippen LogP contribution in [0.1, 0.15) is 26.3 Å². The maximum absolute atomic E-state index is 13.6. The van der Waals surface area contributed by atoms with Gasteiger partial charge in [0.25, 0.3) is 0 Å². The molecule has 2 amide bonds. The number of methoxy groups -OCH3 is 4. The molecule has 0 fully saturated rings. The Balaban J connectivity index is 2.15. The SMILES string of the molecule is CCNC(=O)N1c2ccccc2C2=C(SC(C(=O)OC)=C(C(=O)OC)C23SC(C(=O)OC)=C(C(=O)OC)S3)C1(C)C. The molecule has 3 aliphatic rings. The minimum Gasteiger partial charge on any atom is -0.466 e. The molecule has 4 rings (SSSR count). The van der Waals surface area contributed by atoms with Crippen molar-refractivity contribution in [1.82, 2.24) is 5.32 Å².